The number of hydrogen-bond acceptors (Lipinski definition) is 7. The fraction of sp³-hybridized carbons (Fsp3) is 0.444. The molecular weight excluding hydrogens is 370 g/mol. The van der Waals surface area contributed by atoms with Crippen LogP contribution in [0.4, 0.5) is 5.00 Å². The molecule has 1 amide bonds. The fourth-order valence-electron chi connectivity index (χ4n) is 2.38. The minimum Gasteiger partial charge on any atom is -0.462 e. The maximum Gasteiger partial charge on any atom is 0.348 e. The van der Waals surface area contributed by atoms with E-state index in [0.717, 1.165) is 16.9 Å². The summed E-state index contributed by atoms with van der Waals surface area (Å²) in [5, 5.41) is 7.01. The summed E-state index contributed by atoms with van der Waals surface area (Å²) in [6, 6.07) is 0. The summed E-state index contributed by atoms with van der Waals surface area (Å²) in [5.74, 6) is -1.50. The number of carbonyl (C=O) groups excluding carboxylic acids is 3. The van der Waals surface area contributed by atoms with Crippen molar-refractivity contribution in [3.63, 3.8) is 0 Å². The maximum absolute atomic E-state index is 12.5. The van der Waals surface area contributed by atoms with E-state index < -0.39 is 11.9 Å². The molecule has 27 heavy (non-hydrogen) atoms. The number of nitrogens with zero attached hydrogens (tertiary/aromatic N) is 2. The average Bonchev–Trinajstić information content (AvgIpc) is 3.10. The molecule has 2 heterocycles. The van der Waals surface area contributed by atoms with E-state index in [1.165, 1.54) is 4.68 Å². The fourth-order valence-corrected chi connectivity index (χ4v) is 3.48. The van der Waals surface area contributed by atoms with Crippen molar-refractivity contribution in [2.45, 2.75) is 47.3 Å². The van der Waals surface area contributed by atoms with Gasteiger partial charge in [-0.2, -0.15) is 5.10 Å². The van der Waals surface area contributed by atoms with Gasteiger partial charge in [-0.3, -0.25) is 9.48 Å². The molecule has 9 heteroatoms. The van der Waals surface area contributed by atoms with Gasteiger partial charge >= 0.3 is 11.9 Å². The number of aryl methyl sites for hydroxylation is 1. The van der Waals surface area contributed by atoms with E-state index >= 15 is 0 Å². The van der Waals surface area contributed by atoms with E-state index in [9.17, 15) is 14.4 Å². The Hall–Kier alpha value is -2.68. The summed E-state index contributed by atoms with van der Waals surface area (Å²) in [6.07, 6.45) is 3.04. The number of hydrogen-bond donors (Lipinski definition) is 1. The van der Waals surface area contributed by atoms with Crippen LogP contribution in [0.2, 0.25) is 0 Å². The molecule has 0 bridgehead atoms. The first-order chi connectivity index (χ1) is 12.7. The van der Waals surface area contributed by atoms with Gasteiger partial charge in [-0.25, -0.2) is 9.59 Å². The molecule has 0 atom stereocenters. The monoisotopic (exact) mass is 393 g/mol. The van der Waals surface area contributed by atoms with Gasteiger partial charge in [0.15, 0.2) is 0 Å². The smallest absolute Gasteiger partial charge is 0.348 e. The Labute approximate surface area is 161 Å². The number of amides is 1. The topological polar surface area (TPSA) is 99.5 Å². The van der Waals surface area contributed by atoms with Crippen LogP contribution in [0.15, 0.2) is 12.4 Å². The first-order valence-corrected chi connectivity index (χ1v) is 9.35. The Balaban J connectivity index is 2.31. The SMILES string of the molecule is CCOC(=O)c1sc(NC(=O)Cn2cc(C)cn2)c(C(=O)OC(C)C)c1C. The number of carbonyl (C=O) groups is 3. The van der Waals surface area contributed by atoms with E-state index in [1.54, 1.807) is 40.1 Å². The molecular formula is C18H23N3O5S. The van der Waals surface area contributed by atoms with E-state index in [2.05, 4.69) is 10.4 Å². The van der Waals surface area contributed by atoms with E-state index in [0.29, 0.717) is 5.56 Å². The number of esters is 2. The van der Waals surface area contributed by atoms with Crippen LogP contribution in [-0.2, 0) is 20.8 Å². The molecule has 0 aliphatic carbocycles. The molecule has 2 rings (SSSR count). The van der Waals surface area contributed by atoms with Crippen molar-refractivity contribution in [1.82, 2.24) is 9.78 Å². The number of thiophene rings is 1. The van der Waals surface area contributed by atoms with Gasteiger partial charge in [0, 0.05) is 6.20 Å². The summed E-state index contributed by atoms with van der Waals surface area (Å²) < 4.78 is 11.8. The van der Waals surface area contributed by atoms with Crippen LogP contribution < -0.4 is 5.32 Å². The van der Waals surface area contributed by atoms with Crippen LogP contribution in [0.5, 0.6) is 0 Å². The van der Waals surface area contributed by atoms with Crippen LogP contribution in [0.1, 0.15) is 51.9 Å². The van der Waals surface area contributed by atoms with Crippen molar-refractivity contribution in [1.29, 1.82) is 0 Å². The standard InChI is InChI=1S/C18H23N3O5S/c1-6-25-18(24)15-12(5)14(17(23)26-10(2)3)16(27-15)20-13(22)9-21-8-11(4)7-19-21/h7-8,10H,6,9H2,1-5H3,(H,20,22). The van der Waals surface area contributed by atoms with E-state index in [-0.39, 0.29) is 40.6 Å². The zero-order valence-corrected chi connectivity index (χ0v) is 16.8. The van der Waals surface area contributed by atoms with Gasteiger partial charge in [0.1, 0.15) is 16.4 Å². The molecule has 0 fully saturated rings. The van der Waals surface area contributed by atoms with Crippen molar-refractivity contribution in [3.05, 3.63) is 34.0 Å². The Bertz CT molecular complexity index is 853. The predicted octanol–water partition coefficient (Wildman–Crippen LogP) is 2.94. The quantitative estimate of drug-likeness (QED) is 0.726. The van der Waals surface area contributed by atoms with Gasteiger partial charge in [-0.1, -0.05) is 0 Å². The lowest BCUT2D eigenvalue weighted by atomic mass is 10.1. The Morgan fingerprint density at radius 1 is 1.26 bits per heavy atom. The van der Waals surface area contributed by atoms with Crippen molar-refractivity contribution >= 4 is 34.2 Å². The van der Waals surface area contributed by atoms with Gasteiger partial charge in [0.05, 0.1) is 24.5 Å². The Kier molecular flexibility index (Phi) is 6.73. The van der Waals surface area contributed by atoms with Gasteiger partial charge in [-0.15, -0.1) is 11.3 Å². The van der Waals surface area contributed by atoms with Crippen LogP contribution in [0.25, 0.3) is 0 Å². The lowest BCUT2D eigenvalue weighted by molar-refractivity contribution is -0.116. The van der Waals surface area contributed by atoms with E-state index in [1.807, 2.05) is 6.92 Å². The molecule has 2 aromatic rings. The number of nitrogens with one attached hydrogen (secondary N) is 1. The molecule has 0 saturated heterocycles. The second-order valence-corrected chi connectivity index (χ2v) is 7.22. The third kappa shape index (κ3) is 5.16. The number of anilines is 1. The lowest BCUT2D eigenvalue weighted by Crippen LogP contribution is -2.20. The minimum absolute atomic E-state index is 0.0157. The van der Waals surface area contributed by atoms with Gasteiger partial charge in [0.25, 0.3) is 0 Å². The number of aromatic nitrogens is 2. The van der Waals surface area contributed by atoms with Gasteiger partial charge < -0.3 is 14.8 Å². The maximum atomic E-state index is 12.5. The van der Waals surface area contributed by atoms with E-state index in [4.69, 9.17) is 9.47 Å². The van der Waals surface area contributed by atoms with Crippen molar-refractivity contribution in [2.24, 2.45) is 0 Å². The minimum atomic E-state index is -0.598. The second kappa shape index (κ2) is 8.81. The number of ether oxygens (including phenoxy) is 2. The summed E-state index contributed by atoms with van der Waals surface area (Å²) in [4.78, 5) is 37.3. The van der Waals surface area contributed by atoms with Crippen molar-refractivity contribution in [2.75, 3.05) is 11.9 Å². The molecule has 0 aromatic carbocycles. The first-order valence-electron chi connectivity index (χ1n) is 8.53. The molecule has 146 valence electrons. The summed E-state index contributed by atoms with van der Waals surface area (Å²) in [7, 11) is 0. The first kappa shape index (κ1) is 20.6. The molecule has 0 unspecified atom stereocenters. The third-order valence-electron chi connectivity index (χ3n) is 3.48. The predicted molar refractivity (Wildman–Crippen MR) is 101 cm³/mol. The summed E-state index contributed by atoms with van der Waals surface area (Å²) in [5.41, 5.74) is 1.52. The second-order valence-electron chi connectivity index (χ2n) is 6.20. The molecule has 0 saturated carbocycles. The van der Waals surface area contributed by atoms with Crippen molar-refractivity contribution in [3.8, 4) is 0 Å². The van der Waals surface area contributed by atoms with Crippen LogP contribution in [0.3, 0.4) is 0 Å². The van der Waals surface area contributed by atoms with Gasteiger partial charge in [0.2, 0.25) is 5.91 Å². The summed E-state index contributed by atoms with van der Waals surface area (Å²) >= 11 is 0.997. The zero-order valence-electron chi connectivity index (χ0n) is 16.0. The highest BCUT2D eigenvalue weighted by Gasteiger charge is 2.28. The number of rotatable bonds is 7. The molecule has 1 N–H and O–H groups in total. The highest BCUT2D eigenvalue weighted by Crippen LogP contribution is 2.34. The molecule has 0 aliphatic heterocycles. The Morgan fingerprint density at radius 3 is 2.52 bits per heavy atom. The largest absolute Gasteiger partial charge is 0.462 e. The molecule has 2 aromatic heterocycles. The van der Waals surface area contributed by atoms with Gasteiger partial charge in [-0.05, 0) is 45.7 Å². The molecule has 0 aliphatic rings. The van der Waals surface area contributed by atoms with Crippen LogP contribution >= 0.6 is 11.3 Å². The van der Waals surface area contributed by atoms with Crippen LogP contribution in [-0.4, -0.2) is 40.3 Å². The van der Waals surface area contributed by atoms with Crippen molar-refractivity contribution < 1.29 is 23.9 Å². The summed E-state index contributed by atoms with van der Waals surface area (Å²) in [6.45, 7) is 8.85. The zero-order chi connectivity index (χ0) is 20.1. The lowest BCUT2D eigenvalue weighted by Gasteiger charge is -2.10. The Morgan fingerprint density at radius 2 is 1.96 bits per heavy atom. The molecule has 0 spiro atoms. The average molecular weight is 393 g/mol. The molecule has 0 radical (unpaired) electrons. The third-order valence-corrected chi connectivity index (χ3v) is 4.66. The van der Waals surface area contributed by atoms with Crippen LogP contribution in [0, 0.1) is 13.8 Å². The normalized spacial score (nSPS) is 10.7. The highest BCUT2D eigenvalue weighted by molar-refractivity contribution is 7.18. The highest BCUT2D eigenvalue weighted by atomic mass is 32.1. The molecule has 8 nitrogen and oxygen atoms in total.